The number of ether oxygens (including phenoxy) is 1. The number of hydrogen-bond acceptors (Lipinski definition) is 7. The first-order valence-corrected chi connectivity index (χ1v) is 8.96. The lowest BCUT2D eigenvalue weighted by molar-refractivity contribution is -0.144. The quantitative estimate of drug-likeness (QED) is 0.388. The summed E-state index contributed by atoms with van der Waals surface area (Å²) in [6, 6.07) is 18.4. The molecule has 0 bridgehead atoms. The Balaban J connectivity index is 1.87. The van der Waals surface area contributed by atoms with Gasteiger partial charge in [-0.15, -0.1) is 0 Å². The van der Waals surface area contributed by atoms with E-state index in [0.29, 0.717) is 22.4 Å². The van der Waals surface area contributed by atoms with Crippen molar-refractivity contribution in [2.24, 2.45) is 5.73 Å². The molecule has 4 aromatic rings. The van der Waals surface area contributed by atoms with Crippen molar-refractivity contribution in [2.45, 2.75) is 12.1 Å². The van der Waals surface area contributed by atoms with Crippen LogP contribution < -0.4 is 5.73 Å². The van der Waals surface area contributed by atoms with E-state index in [2.05, 4.69) is 10.1 Å². The molecule has 0 spiro atoms. The number of carbonyl (C=O) groups is 1. The molecule has 2 aromatic heterocycles. The molecule has 0 radical (unpaired) electrons. The molecule has 0 saturated carbocycles. The van der Waals surface area contributed by atoms with Gasteiger partial charge in [-0.25, -0.2) is 9.37 Å². The van der Waals surface area contributed by atoms with Crippen molar-refractivity contribution in [1.82, 2.24) is 10.1 Å². The third-order valence-electron chi connectivity index (χ3n) is 4.74. The van der Waals surface area contributed by atoms with Crippen molar-refractivity contribution in [3.05, 3.63) is 83.4 Å². The number of nitriles is 1. The minimum absolute atomic E-state index is 0.0237. The van der Waals surface area contributed by atoms with Crippen molar-refractivity contribution < 1.29 is 18.4 Å². The summed E-state index contributed by atoms with van der Waals surface area (Å²) in [5.41, 5.74) is 6.66. The van der Waals surface area contributed by atoms with Crippen molar-refractivity contribution >= 4 is 17.4 Å². The summed E-state index contributed by atoms with van der Waals surface area (Å²) in [6.45, 7) is 0.198. The molecule has 0 saturated heterocycles. The van der Waals surface area contributed by atoms with Gasteiger partial charge in [-0.05, 0) is 24.3 Å². The zero-order chi connectivity index (χ0) is 21.1. The molecule has 4 rings (SSSR count). The summed E-state index contributed by atoms with van der Waals surface area (Å²) in [6.07, 6.45) is -0.292. The summed E-state index contributed by atoms with van der Waals surface area (Å²) >= 11 is 0. The van der Waals surface area contributed by atoms with Crippen LogP contribution in [0.5, 0.6) is 0 Å². The summed E-state index contributed by atoms with van der Waals surface area (Å²) in [5.74, 6) is -0.664. The van der Waals surface area contributed by atoms with Crippen LogP contribution in [0.4, 0.5) is 4.39 Å². The Morgan fingerprint density at radius 3 is 2.73 bits per heavy atom. The summed E-state index contributed by atoms with van der Waals surface area (Å²) < 4.78 is 25.0. The Kier molecular flexibility index (Phi) is 4.96. The first-order valence-electron chi connectivity index (χ1n) is 8.96. The minimum Gasteiger partial charge on any atom is -0.442 e. The van der Waals surface area contributed by atoms with Crippen LogP contribution in [-0.2, 0) is 21.7 Å². The second-order valence-corrected chi connectivity index (χ2v) is 6.59. The van der Waals surface area contributed by atoms with Gasteiger partial charge < -0.3 is 9.26 Å². The van der Waals surface area contributed by atoms with Crippen molar-refractivity contribution in [1.29, 1.82) is 5.26 Å². The largest absolute Gasteiger partial charge is 0.442 e. The summed E-state index contributed by atoms with van der Waals surface area (Å²) in [4.78, 5) is 15.3. The van der Waals surface area contributed by atoms with Crippen LogP contribution in [0.15, 0.2) is 65.2 Å². The number of pyridine rings is 1. The molecule has 2 heterocycles. The third kappa shape index (κ3) is 3.38. The molecule has 0 unspecified atom stereocenters. The highest BCUT2D eigenvalue weighted by Gasteiger charge is 2.35. The predicted octanol–water partition coefficient (Wildman–Crippen LogP) is 3.43. The molecule has 0 fully saturated rings. The number of nitrogens with two attached hydrogens (primary N) is 1. The van der Waals surface area contributed by atoms with E-state index >= 15 is 0 Å². The van der Waals surface area contributed by atoms with E-state index in [9.17, 15) is 9.18 Å². The van der Waals surface area contributed by atoms with Gasteiger partial charge in [0.25, 0.3) is 6.47 Å². The molecular weight excluding hydrogens is 387 g/mol. The number of benzene rings is 2. The number of para-hydroxylation sites is 1. The number of hydrogen-bond donors (Lipinski definition) is 1. The average molecular weight is 402 g/mol. The van der Waals surface area contributed by atoms with Crippen LogP contribution in [0, 0.1) is 17.1 Å². The van der Waals surface area contributed by atoms with Gasteiger partial charge in [0.1, 0.15) is 23.3 Å². The van der Waals surface area contributed by atoms with Gasteiger partial charge in [0.2, 0.25) is 0 Å². The molecule has 30 heavy (non-hydrogen) atoms. The van der Waals surface area contributed by atoms with E-state index < -0.39 is 11.5 Å². The van der Waals surface area contributed by atoms with Gasteiger partial charge in [0.05, 0.1) is 12.1 Å². The maximum atomic E-state index is 14.4. The van der Waals surface area contributed by atoms with Crippen molar-refractivity contribution in [2.75, 3.05) is 0 Å². The maximum absolute atomic E-state index is 14.4. The van der Waals surface area contributed by atoms with E-state index in [-0.39, 0.29) is 24.3 Å². The van der Waals surface area contributed by atoms with Crippen LogP contribution in [0.3, 0.4) is 0 Å². The predicted molar refractivity (Wildman–Crippen MR) is 105 cm³/mol. The molecule has 8 heteroatoms. The number of rotatable bonds is 6. The van der Waals surface area contributed by atoms with Crippen LogP contribution in [-0.4, -0.2) is 16.6 Å². The molecule has 148 valence electrons. The molecule has 2 N–H and O–H groups in total. The van der Waals surface area contributed by atoms with Crippen LogP contribution in [0.25, 0.3) is 22.2 Å². The Morgan fingerprint density at radius 2 is 1.93 bits per heavy atom. The fourth-order valence-electron chi connectivity index (χ4n) is 3.34. The second-order valence-electron chi connectivity index (χ2n) is 6.59. The zero-order valence-corrected chi connectivity index (χ0v) is 15.6. The smallest absolute Gasteiger partial charge is 0.295 e. The number of fused-ring (bicyclic) bond motifs is 1. The normalized spacial score (nSPS) is 12.8. The van der Waals surface area contributed by atoms with Crippen LogP contribution in [0.1, 0.15) is 17.0 Å². The standard InChI is InChI=1S/C22H15FN4O3/c23-18-10-9-14(12-24)26-19(18)11-22(25,29-13-28)17-7-3-1-5-15(17)21-16-6-2-4-8-20(16)30-27-21/h1-10,13H,11,25H2/t22-/m0/s1. The average Bonchev–Trinajstić information content (AvgIpc) is 3.19. The van der Waals surface area contributed by atoms with Gasteiger partial charge in [-0.1, -0.05) is 41.6 Å². The lowest BCUT2D eigenvalue weighted by atomic mass is 9.91. The number of aromatic nitrogens is 2. The van der Waals surface area contributed by atoms with Crippen LogP contribution in [0.2, 0.25) is 0 Å². The van der Waals surface area contributed by atoms with Crippen LogP contribution >= 0.6 is 0 Å². The lowest BCUT2D eigenvalue weighted by Gasteiger charge is -2.29. The highest BCUT2D eigenvalue weighted by molar-refractivity contribution is 5.92. The first kappa shape index (κ1) is 19.2. The molecule has 7 nitrogen and oxygen atoms in total. The topological polar surface area (TPSA) is 115 Å². The van der Waals surface area contributed by atoms with Gasteiger partial charge in [-0.2, -0.15) is 5.26 Å². The third-order valence-corrected chi connectivity index (χ3v) is 4.74. The summed E-state index contributed by atoms with van der Waals surface area (Å²) in [7, 11) is 0. The number of halogens is 1. The molecule has 0 aliphatic heterocycles. The molecular formula is C22H15FN4O3. The van der Waals surface area contributed by atoms with E-state index in [4.69, 9.17) is 20.3 Å². The first-order chi connectivity index (χ1) is 14.6. The molecule has 2 aromatic carbocycles. The van der Waals surface area contributed by atoms with Crippen molar-refractivity contribution in [3.63, 3.8) is 0 Å². The molecule has 0 aliphatic rings. The maximum Gasteiger partial charge on any atom is 0.295 e. The Labute approximate surface area is 170 Å². The monoisotopic (exact) mass is 402 g/mol. The highest BCUT2D eigenvalue weighted by atomic mass is 19.1. The molecule has 0 aliphatic carbocycles. The second kappa shape index (κ2) is 7.73. The number of carbonyl (C=O) groups excluding carboxylic acids is 1. The van der Waals surface area contributed by atoms with E-state index in [1.54, 1.807) is 30.3 Å². The van der Waals surface area contributed by atoms with E-state index in [1.165, 1.54) is 6.07 Å². The zero-order valence-electron chi connectivity index (χ0n) is 15.6. The fraction of sp³-hybridized carbons (Fsp3) is 0.0909. The minimum atomic E-state index is -1.76. The van der Waals surface area contributed by atoms with Gasteiger partial charge in [0, 0.05) is 16.5 Å². The Bertz CT molecular complexity index is 1280. The van der Waals surface area contributed by atoms with E-state index in [0.717, 1.165) is 11.5 Å². The van der Waals surface area contributed by atoms with Gasteiger partial charge >= 0.3 is 0 Å². The SMILES string of the molecule is N#Cc1ccc(F)c(C[C@](N)(OC=O)c2ccccc2-c2noc3ccccc23)n1. The fourth-order valence-corrected chi connectivity index (χ4v) is 3.34. The molecule has 1 atom stereocenters. The summed E-state index contributed by atoms with van der Waals surface area (Å²) in [5, 5.41) is 14.0. The van der Waals surface area contributed by atoms with Crippen molar-refractivity contribution in [3.8, 4) is 17.3 Å². The van der Waals surface area contributed by atoms with Gasteiger partial charge in [0.15, 0.2) is 11.3 Å². The molecule has 0 amide bonds. The van der Waals surface area contributed by atoms with Gasteiger partial charge in [-0.3, -0.25) is 10.5 Å². The highest BCUT2D eigenvalue weighted by Crippen LogP contribution is 2.36. The Morgan fingerprint density at radius 1 is 1.17 bits per heavy atom. The Hall–Kier alpha value is -4.09. The number of nitrogens with zero attached hydrogens (tertiary/aromatic N) is 3. The van der Waals surface area contributed by atoms with E-state index in [1.807, 2.05) is 24.3 Å². The lowest BCUT2D eigenvalue weighted by Crippen LogP contribution is -2.42.